The maximum absolute atomic E-state index is 13.3. The Hall–Kier alpha value is -3.64. The largest absolute Gasteiger partial charge is 0.491 e. The van der Waals surface area contributed by atoms with E-state index in [0.29, 0.717) is 18.6 Å². The molecule has 2 rings (SSSR count). The summed E-state index contributed by atoms with van der Waals surface area (Å²) < 4.78 is 52.1. The molecule has 0 spiro atoms. The molecule has 1 unspecified atom stereocenters. The molecule has 0 bridgehead atoms. The molecule has 48 heavy (non-hydrogen) atoms. The van der Waals surface area contributed by atoms with Gasteiger partial charge in [-0.3, -0.25) is 8.98 Å². The van der Waals surface area contributed by atoms with Crippen LogP contribution in [-0.4, -0.2) is 62.5 Å². The molecule has 1 amide bonds. The highest BCUT2D eigenvalue weighted by Crippen LogP contribution is 2.24. The van der Waals surface area contributed by atoms with Crippen molar-refractivity contribution in [3.8, 4) is 5.75 Å². The smallest absolute Gasteiger partial charge is 0.408 e. The summed E-state index contributed by atoms with van der Waals surface area (Å²) in [6.45, 7) is 17.5. The molecule has 0 aliphatic carbocycles. The molecule has 0 heterocycles. The van der Waals surface area contributed by atoms with Gasteiger partial charge in [-0.15, -0.1) is 0 Å². The predicted molar refractivity (Wildman–Crippen MR) is 182 cm³/mol. The van der Waals surface area contributed by atoms with E-state index in [1.807, 2.05) is 19.1 Å². The van der Waals surface area contributed by atoms with E-state index in [9.17, 15) is 22.8 Å². The zero-order valence-corrected chi connectivity index (χ0v) is 30.8. The Morgan fingerprint density at radius 3 is 1.77 bits per heavy atom. The molecule has 0 saturated carbocycles. The summed E-state index contributed by atoms with van der Waals surface area (Å²) in [5.41, 5.74) is -0.377. The molecule has 2 aromatic carbocycles. The number of carbonyl (C=O) groups is 3. The Balaban J connectivity index is 2.03. The van der Waals surface area contributed by atoms with Crippen molar-refractivity contribution in [3.05, 3.63) is 59.7 Å². The first kappa shape index (κ1) is 40.5. The fourth-order valence-electron chi connectivity index (χ4n) is 4.37. The van der Waals surface area contributed by atoms with Gasteiger partial charge in [-0.2, -0.15) is 8.42 Å². The Bertz CT molecular complexity index is 1450. The normalized spacial score (nSPS) is 13.6. The maximum atomic E-state index is 13.3. The van der Waals surface area contributed by atoms with E-state index in [-0.39, 0.29) is 31.0 Å². The van der Waals surface area contributed by atoms with E-state index in [4.69, 9.17) is 23.1 Å². The fourth-order valence-corrected chi connectivity index (χ4v) is 5.27. The summed E-state index contributed by atoms with van der Waals surface area (Å²) in [5, 5.41) is 2.61. The van der Waals surface area contributed by atoms with Gasteiger partial charge >= 0.3 is 18.0 Å². The first-order valence-electron chi connectivity index (χ1n) is 16.2. The van der Waals surface area contributed by atoms with Crippen LogP contribution in [0.3, 0.4) is 0 Å². The van der Waals surface area contributed by atoms with Crippen LogP contribution in [0.2, 0.25) is 0 Å². The van der Waals surface area contributed by atoms with Crippen molar-refractivity contribution in [1.29, 1.82) is 0 Å². The summed E-state index contributed by atoms with van der Waals surface area (Å²) in [6.07, 6.45) is 0.578. The third kappa shape index (κ3) is 16.0. The van der Waals surface area contributed by atoms with Crippen LogP contribution in [-0.2, 0) is 44.5 Å². The van der Waals surface area contributed by atoms with Crippen LogP contribution >= 0.6 is 0 Å². The number of esters is 2. The SMILES string of the molecule is Cc1ccc(S(=O)(=O)OCCOc2ccc(CCC(CC[C@H](NC(=O)OC(C)(C)C)C(=O)OC(C)(C)C)C(=O)OC(C)(C)C)cc2)cc1. The third-order valence-corrected chi connectivity index (χ3v) is 7.86. The lowest BCUT2D eigenvalue weighted by atomic mass is 9.93. The molecule has 12 heteroatoms. The number of amides is 1. The highest BCUT2D eigenvalue weighted by molar-refractivity contribution is 7.86. The summed E-state index contributed by atoms with van der Waals surface area (Å²) in [7, 11) is -3.88. The van der Waals surface area contributed by atoms with Gasteiger partial charge in [0, 0.05) is 0 Å². The van der Waals surface area contributed by atoms with E-state index in [2.05, 4.69) is 5.32 Å². The van der Waals surface area contributed by atoms with Crippen molar-refractivity contribution in [2.24, 2.45) is 5.92 Å². The van der Waals surface area contributed by atoms with Gasteiger partial charge in [-0.1, -0.05) is 29.8 Å². The number of alkyl carbamates (subject to hydrolysis) is 1. The fraction of sp³-hybridized carbons (Fsp3) is 0.583. The standard InChI is InChI=1S/C36H53NO10S/c1-25-11-20-29(21-12-25)48(41,42)44-24-23-43-28-18-14-26(15-19-28)13-16-27(31(38)45-34(2,3)4)17-22-30(32(39)46-35(5,6)7)37-33(40)47-36(8,9)10/h11-12,14-15,18-21,27,30H,13,16-17,22-24H2,1-10H3,(H,37,40)/t27?,30-/m0/s1. The monoisotopic (exact) mass is 691 g/mol. The van der Waals surface area contributed by atoms with Crippen LogP contribution in [0, 0.1) is 12.8 Å². The first-order chi connectivity index (χ1) is 22.0. The first-order valence-corrected chi connectivity index (χ1v) is 17.6. The molecule has 268 valence electrons. The lowest BCUT2D eigenvalue weighted by molar-refractivity contribution is -0.162. The van der Waals surface area contributed by atoms with Gasteiger partial charge < -0.3 is 24.3 Å². The van der Waals surface area contributed by atoms with Crippen molar-refractivity contribution in [1.82, 2.24) is 5.32 Å². The molecule has 11 nitrogen and oxygen atoms in total. The number of ether oxygens (including phenoxy) is 4. The second-order valence-corrected chi connectivity index (χ2v) is 16.3. The summed E-state index contributed by atoms with van der Waals surface area (Å²) in [6, 6.07) is 12.6. The number of rotatable bonds is 15. The van der Waals surface area contributed by atoms with E-state index in [0.717, 1.165) is 11.1 Å². The molecule has 1 N–H and O–H groups in total. The van der Waals surface area contributed by atoms with Crippen molar-refractivity contribution < 1.29 is 45.9 Å². The van der Waals surface area contributed by atoms with Gasteiger partial charge in [0.25, 0.3) is 10.1 Å². The van der Waals surface area contributed by atoms with Crippen molar-refractivity contribution in [2.75, 3.05) is 13.2 Å². The topological polar surface area (TPSA) is 144 Å². The van der Waals surface area contributed by atoms with Crippen LogP contribution in [0.25, 0.3) is 0 Å². The molecule has 2 aromatic rings. The molecule has 0 saturated heterocycles. The minimum atomic E-state index is -3.88. The molecule has 0 radical (unpaired) electrons. The van der Waals surface area contributed by atoms with Crippen LogP contribution in [0.15, 0.2) is 53.4 Å². The minimum absolute atomic E-state index is 0.0291. The van der Waals surface area contributed by atoms with Gasteiger partial charge in [0.15, 0.2) is 0 Å². The molecule has 0 aromatic heterocycles. The average Bonchev–Trinajstić information content (AvgIpc) is 2.92. The van der Waals surface area contributed by atoms with Crippen molar-refractivity contribution in [3.63, 3.8) is 0 Å². The molecular formula is C36H53NO10S. The van der Waals surface area contributed by atoms with E-state index >= 15 is 0 Å². The number of benzene rings is 2. The van der Waals surface area contributed by atoms with E-state index < -0.39 is 56.9 Å². The number of aryl methyl sites for hydroxylation is 2. The van der Waals surface area contributed by atoms with Gasteiger partial charge in [0.05, 0.1) is 10.8 Å². The summed E-state index contributed by atoms with van der Waals surface area (Å²) >= 11 is 0. The molecule has 0 aliphatic heterocycles. The number of nitrogens with one attached hydrogen (secondary N) is 1. The second-order valence-electron chi connectivity index (χ2n) is 14.7. The molecule has 0 fully saturated rings. The highest BCUT2D eigenvalue weighted by atomic mass is 32.2. The van der Waals surface area contributed by atoms with Crippen LogP contribution in [0.1, 0.15) is 92.7 Å². The average molecular weight is 692 g/mol. The third-order valence-electron chi connectivity index (χ3n) is 6.53. The maximum Gasteiger partial charge on any atom is 0.408 e. The van der Waals surface area contributed by atoms with Gasteiger partial charge in [-0.05, 0) is 125 Å². The molecule has 2 atom stereocenters. The summed E-state index contributed by atoms with van der Waals surface area (Å²) in [5.74, 6) is -1.06. The quantitative estimate of drug-likeness (QED) is 0.0929. The van der Waals surface area contributed by atoms with Crippen LogP contribution in [0.4, 0.5) is 4.79 Å². The summed E-state index contributed by atoms with van der Waals surface area (Å²) in [4.78, 5) is 38.9. The number of hydrogen-bond acceptors (Lipinski definition) is 10. The van der Waals surface area contributed by atoms with E-state index in [1.165, 1.54) is 12.1 Å². The van der Waals surface area contributed by atoms with Gasteiger partial charge in [0.2, 0.25) is 0 Å². The Morgan fingerprint density at radius 1 is 0.688 bits per heavy atom. The highest BCUT2D eigenvalue weighted by Gasteiger charge is 2.32. The number of hydrogen-bond donors (Lipinski definition) is 1. The van der Waals surface area contributed by atoms with E-state index in [1.54, 1.807) is 86.6 Å². The predicted octanol–water partition coefficient (Wildman–Crippen LogP) is 6.69. The minimum Gasteiger partial charge on any atom is -0.491 e. The van der Waals surface area contributed by atoms with Gasteiger partial charge in [-0.25, -0.2) is 9.59 Å². The molecular weight excluding hydrogens is 638 g/mol. The van der Waals surface area contributed by atoms with Gasteiger partial charge in [0.1, 0.15) is 41.8 Å². The number of carbonyl (C=O) groups excluding carboxylic acids is 3. The van der Waals surface area contributed by atoms with Crippen LogP contribution in [0.5, 0.6) is 5.75 Å². The molecule has 0 aliphatic rings. The second kappa shape index (κ2) is 17.1. The lowest BCUT2D eigenvalue weighted by Gasteiger charge is -2.28. The van der Waals surface area contributed by atoms with Crippen molar-refractivity contribution >= 4 is 28.1 Å². The Kier molecular flexibility index (Phi) is 14.5. The van der Waals surface area contributed by atoms with Crippen molar-refractivity contribution in [2.45, 2.75) is 123 Å². The Labute approximate surface area is 286 Å². The zero-order chi connectivity index (χ0) is 36.3. The zero-order valence-electron chi connectivity index (χ0n) is 30.0. The Morgan fingerprint density at radius 2 is 1.23 bits per heavy atom. The van der Waals surface area contributed by atoms with Crippen LogP contribution < -0.4 is 10.1 Å². The lowest BCUT2D eigenvalue weighted by Crippen LogP contribution is -2.46.